The predicted molar refractivity (Wildman–Crippen MR) is 76.2 cm³/mol. The summed E-state index contributed by atoms with van der Waals surface area (Å²) >= 11 is 0. The Kier molecular flexibility index (Phi) is 5.49. The third-order valence-corrected chi connectivity index (χ3v) is 3.61. The summed E-state index contributed by atoms with van der Waals surface area (Å²) in [6.07, 6.45) is 0. The minimum Gasteiger partial charge on any atom is -0.480 e. The Morgan fingerprint density at radius 1 is 1.25 bits per heavy atom. The Labute approximate surface area is 118 Å². The molecule has 0 aliphatic carbocycles. The van der Waals surface area contributed by atoms with Crippen LogP contribution in [-0.4, -0.2) is 58.1 Å². The molecule has 1 aromatic carbocycles. The molecule has 1 rings (SSSR count). The summed E-state index contributed by atoms with van der Waals surface area (Å²) in [5.74, 6) is -1.03. The molecule has 0 spiro atoms. The van der Waals surface area contributed by atoms with E-state index >= 15 is 0 Å². The second-order valence-corrected chi connectivity index (χ2v) is 6.16. The summed E-state index contributed by atoms with van der Waals surface area (Å²) < 4.78 is 23.2. The van der Waals surface area contributed by atoms with Gasteiger partial charge >= 0.3 is 5.97 Å². The lowest BCUT2D eigenvalue weighted by molar-refractivity contribution is -0.135. The van der Waals surface area contributed by atoms with E-state index in [4.69, 9.17) is 10.2 Å². The van der Waals surface area contributed by atoms with Crippen LogP contribution in [0, 0.1) is 0 Å². The maximum absolute atomic E-state index is 11.6. The van der Waals surface area contributed by atoms with Gasteiger partial charge in [-0.15, -0.1) is 0 Å². The molecular formula is C12H19N3O4S. The number of primary sulfonamides is 1. The lowest BCUT2D eigenvalue weighted by Crippen LogP contribution is -2.36. The van der Waals surface area contributed by atoms with Crippen molar-refractivity contribution >= 4 is 21.7 Å². The van der Waals surface area contributed by atoms with Crippen LogP contribution < -0.4 is 10.0 Å². The molecule has 0 heterocycles. The molecule has 0 saturated carbocycles. The number of sulfonamides is 1. The van der Waals surface area contributed by atoms with Crippen LogP contribution in [0.4, 0.5) is 5.69 Å². The summed E-state index contributed by atoms with van der Waals surface area (Å²) in [4.78, 5) is 14.3. The van der Waals surface area contributed by atoms with Crippen molar-refractivity contribution in [2.24, 2.45) is 5.14 Å². The van der Waals surface area contributed by atoms with Crippen LogP contribution in [0.1, 0.15) is 0 Å². The van der Waals surface area contributed by atoms with Gasteiger partial charge in [0.2, 0.25) is 10.0 Å². The highest BCUT2D eigenvalue weighted by Crippen LogP contribution is 2.23. The zero-order valence-corrected chi connectivity index (χ0v) is 12.3. The molecule has 1 aromatic rings. The Hall–Kier alpha value is -1.64. The molecule has 112 valence electrons. The normalized spacial score (nSPS) is 11.6. The molecule has 20 heavy (non-hydrogen) atoms. The third kappa shape index (κ3) is 4.80. The van der Waals surface area contributed by atoms with Crippen molar-refractivity contribution in [1.82, 2.24) is 4.90 Å². The summed E-state index contributed by atoms with van der Waals surface area (Å²) in [7, 11) is -0.198. The van der Waals surface area contributed by atoms with E-state index in [-0.39, 0.29) is 11.4 Å². The number of anilines is 1. The van der Waals surface area contributed by atoms with Crippen LogP contribution >= 0.6 is 0 Å². The van der Waals surface area contributed by atoms with E-state index in [1.165, 1.54) is 11.0 Å². The highest BCUT2D eigenvalue weighted by atomic mass is 32.2. The quantitative estimate of drug-likeness (QED) is 0.722. The van der Waals surface area contributed by atoms with Gasteiger partial charge < -0.3 is 14.9 Å². The molecule has 0 radical (unpaired) electrons. The molecule has 3 N–H and O–H groups in total. The number of benzene rings is 1. The average molecular weight is 301 g/mol. The fourth-order valence-electron chi connectivity index (χ4n) is 1.73. The predicted octanol–water partition coefficient (Wildman–Crippen LogP) is -0.213. The first kappa shape index (κ1) is 16.4. The molecule has 0 saturated heterocycles. The third-order valence-electron chi connectivity index (χ3n) is 2.66. The van der Waals surface area contributed by atoms with Crippen LogP contribution in [0.25, 0.3) is 0 Å². The number of para-hydroxylation sites is 1. The van der Waals surface area contributed by atoms with Gasteiger partial charge in [-0.05, 0) is 26.2 Å². The average Bonchev–Trinajstić information content (AvgIpc) is 2.33. The van der Waals surface area contributed by atoms with Gasteiger partial charge in [0.1, 0.15) is 11.4 Å². The lowest BCUT2D eigenvalue weighted by atomic mass is 10.2. The van der Waals surface area contributed by atoms with Crippen LogP contribution in [-0.2, 0) is 14.8 Å². The van der Waals surface area contributed by atoms with E-state index < -0.39 is 16.0 Å². The van der Waals surface area contributed by atoms with Gasteiger partial charge in [0.25, 0.3) is 0 Å². The number of nitrogens with two attached hydrogens (primary N) is 1. The van der Waals surface area contributed by atoms with Crippen LogP contribution in [0.2, 0.25) is 0 Å². The van der Waals surface area contributed by atoms with Gasteiger partial charge in [0.15, 0.2) is 0 Å². The summed E-state index contributed by atoms with van der Waals surface area (Å²) in [6.45, 7) is 0.679. The lowest BCUT2D eigenvalue weighted by Gasteiger charge is -2.26. The molecule has 0 fully saturated rings. The highest BCUT2D eigenvalue weighted by molar-refractivity contribution is 7.89. The van der Waals surface area contributed by atoms with Crippen LogP contribution in [0.15, 0.2) is 29.2 Å². The van der Waals surface area contributed by atoms with Gasteiger partial charge in [-0.3, -0.25) is 4.79 Å². The Balaban J connectivity index is 3.16. The van der Waals surface area contributed by atoms with Gasteiger partial charge in [-0.25, -0.2) is 13.6 Å². The Bertz CT molecular complexity index is 572. The first-order valence-corrected chi connectivity index (χ1v) is 7.49. The van der Waals surface area contributed by atoms with Gasteiger partial charge in [0.05, 0.1) is 5.69 Å². The van der Waals surface area contributed by atoms with E-state index in [1.54, 1.807) is 18.2 Å². The number of aliphatic carboxylic acids is 1. The highest BCUT2D eigenvalue weighted by Gasteiger charge is 2.19. The molecule has 0 bridgehead atoms. The summed E-state index contributed by atoms with van der Waals surface area (Å²) in [5, 5.41) is 14.1. The second kappa shape index (κ2) is 6.69. The zero-order chi connectivity index (χ0) is 15.3. The Morgan fingerprint density at radius 2 is 1.85 bits per heavy atom. The van der Waals surface area contributed by atoms with Crippen molar-refractivity contribution in [1.29, 1.82) is 0 Å². The van der Waals surface area contributed by atoms with E-state index in [1.807, 2.05) is 19.0 Å². The van der Waals surface area contributed by atoms with Crippen LogP contribution in [0.3, 0.4) is 0 Å². The van der Waals surface area contributed by atoms with Crippen molar-refractivity contribution in [3.63, 3.8) is 0 Å². The molecule has 0 unspecified atom stereocenters. The molecule has 8 heteroatoms. The molecule has 0 amide bonds. The van der Waals surface area contributed by atoms with Crippen molar-refractivity contribution in [3.05, 3.63) is 24.3 Å². The second-order valence-electron chi connectivity index (χ2n) is 4.63. The number of carboxylic acid groups (broad SMARTS) is 1. The van der Waals surface area contributed by atoms with E-state index in [2.05, 4.69) is 0 Å². The van der Waals surface area contributed by atoms with E-state index in [0.29, 0.717) is 18.8 Å². The number of likely N-dealkylation sites (N-methyl/N-ethyl adjacent to an activating group) is 1. The standard InChI is InChI=1S/C12H19N3O4S/c1-14(2)7-8-15(9-12(16)17)10-5-3-4-6-11(10)20(13,18)19/h3-6H,7-9H2,1-2H3,(H,16,17)(H2,13,18,19). The first-order valence-electron chi connectivity index (χ1n) is 5.95. The smallest absolute Gasteiger partial charge is 0.323 e. The van der Waals surface area contributed by atoms with Crippen molar-refractivity contribution in [3.8, 4) is 0 Å². The Morgan fingerprint density at radius 3 is 2.35 bits per heavy atom. The fourth-order valence-corrected chi connectivity index (χ4v) is 2.48. The van der Waals surface area contributed by atoms with Crippen LogP contribution in [0.5, 0.6) is 0 Å². The van der Waals surface area contributed by atoms with Gasteiger partial charge in [-0.2, -0.15) is 0 Å². The molecule has 0 aromatic heterocycles. The molecule has 0 aliphatic rings. The summed E-state index contributed by atoms with van der Waals surface area (Å²) in [5.41, 5.74) is 0.305. The van der Waals surface area contributed by atoms with Gasteiger partial charge in [-0.1, -0.05) is 12.1 Å². The number of hydrogen-bond donors (Lipinski definition) is 2. The minimum atomic E-state index is -3.90. The maximum Gasteiger partial charge on any atom is 0.323 e. The van der Waals surface area contributed by atoms with Crippen molar-refractivity contribution in [2.75, 3.05) is 38.6 Å². The molecule has 0 atom stereocenters. The molecule has 7 nitrogen and oxygen atoms in total. The summed E-state index contributed by atoms with van der Waals surface area (Å²) in [6, 6.07) is 6.12. The number of carbonyl (C=O) groups is 1. The van der Waals surface area contributed by atoms with E-state index in [9.17, 15) is 13.2 Å². The topological polar surface area (TPSA) is 104 Å². The molecular weight excluding hydrogens is 282 g/mol. The zero-order valence-electron chi connectivity index (χ0n) is 11.5. The van der Waals surface area contributed by atoms with Gasteiger partial charge in [0, 0.05) is 13.1 Å². The first-order chi connectivity index (χ1) is 9.21. The SMILES string of the molecule is CN(C)CCN(CC(=O)O)c1ccccc1S(N)(=O)=O. The number of nitrogens with zero attached hydrogens (tertiary/aromatic N) is 2. The van der Waals surface area contributed by atoms with Crippen molar-refractivity contribution in [2.45, 2.75) is 4.90 Å². The van der Waals surface area contributed by atoms with E-state index in [0.717, 1.165) is 0 Å². The fraction of sp³-hybridized carbons (Fsp3) is 0.417. The minimum absolute atomic E-state index is 0.0694. The largest absolute Gasteiger partial charge is 0.480 e. The number of carboxylic acids is 1. The van der Waals surface area contributed by atoms with Crippen molar-refractivity contribution < 1.29 is 18.3 Å². The monoisotopic (exact) mass is 301 g/mol. The molecule has 0 aliphatic heterocycles. The number of hydrogen-bond acceptors (Lipinski definition) is 5. The number of rotatable bonds is 7. The maximum atomic E-state index is 11.6.